The van der Waals surface area contributed by atoms with E-state index >= 15 is 0 Å². The standard InChI is InChI=1S/C32H34N4O3S/c1-32(2,3)39-31(38)34-22-24-11-9-10-23(20-24)21-33-30(37)35-26-16-18-27(19-17-26)36-40-29-15-8-7-14-28(29)25-12-5-4-6-13-25/h4-20,36H,21-22H2,1-3H3,(H,34,38)(H2,33,35,37). The van der Waals surface area contributed by atoms with Crippen LogP contribution in [0.3, 0.4) is 0 Å². The molecule has 4 rings (SSSR count). The Morgan fingerprint density at radius 2 is 1.35 bits per heavy atom. The van der Waals surface area contributed by atoms with Gasteiger partial charge in [-0.05, 0) is 85.3 Å². The summed E-state index contributed by atoms with van der Waals surface area (Å²) < 4.78 is 8.65. The van der Waals surface area contributed by atoms with Crippen molar-refractivity contribution in [3.05, 3.63) is 114 Å². The smallest absolute Gasteiger partial charge is 0.407 e. The van der Waals surface area contributed by atoms with E-state index in [0.717, 1.165) is 21.7 Å². The molecule has 0 saturated heterocycles. The Morgan fingerprint density at radius 1 is 0.725 bits per heavy atom. The zero-order chi connectivity index (χ0) is 28.4. The third-order valence-electron chi connectivity index (χ3n) is 5.67. The van der Waals surface area contributed by atoms with Gasteiger partial charge in [-0.3, -0.25) is 0 Å². The molecule has 40 heavy (non-hydrogen) atoms. The number of carbonyl (C=O) groups excluding carboxylic acids is 2. The lowest BCUT2D eigenvalue weighted by Crippen LogP contribution is -2.32. The average molecular weight is 555 g/mol. The van der Waals surface area contributed by atoms with Crippen molar-refractivity contribution in [3.63, 3.8) is 0 Å². The number of urea groups is 1. The molecule has 206 valence electrons. The molecule has 8 heteroatoms. The Kier molecular flexibility index (Phi) is 9.70. The van der Waals surface area contributed by atoms with Gasteiger partial charge in [0.15, 0.2) is 0 Å². The third-order valence-corrected chi connectivity index (χ3v) is 6.59. The summed E-state index contributed by atoms with van der Waals surface area (Å²) in [6, 6.07) is 33.5. The number of benzene rings is 4. The molecule has 0 fully saturated rings. The van der Waals surface area contributed by atoms with E-state index in [1.165, 1.54) is 11.1 Å². The van der Waals surface area contributed by atoms with Crippen molar-refractivity contribution in [2.75, 3.05) is 10.0 Å². The number of amides is 3. The highest BCUT2D eigenvalue weighted by Crippen LogP contribution is 2.32. The largest absolute Gasteiger partial charge is 0.444 e. The zero-order valence-electron chi connectivity index (χ0n) is 22.9. The maximum atomic E-state index is 12.5. The van der Waals surface area contributed by atoms with Gasteiger partial charge in [0.2, 0.25) is 0 Å². The quantitative estimate of drug-likeness (QED) is 0.158. The van der Waals surface area contributed by atoms with Gasteiger partial charge < -0.3 is 25.4 Å². The molecule has 0 unspecified atom stereocenters. The number of hydrogen-bond donors (Lipinski definition) is 4. The second kappa shape index (κ2) is 13.6. The monoisotopic (exact) mass is 554 g/mol. The predicted molar refractivity (Wildman–Crippen MR) is 163 cm³/mol. The molecule has 7 nitrogen and oxygen atoms in total. The third kappa shape index (κ3) is 9.10. The second-order valence-electron chi connectivity index (χ2n) is 10.1. The first-order valence-corrected chi connectivity index (χ1v) is 13.8. The van der Waals surface area contributed by atoms with E-state index in [1.54, 1.807) is 11.9 Å². The van der Waals surface area contributed by atoms with E-state index < -0.39 is 11.7 Å². The SMILES string of the molecule is CC(C)(C)OC(=O)NCc1cccc(CNC(=O)Nc2ccc(NSc3ccccc3-c3ccccc3)cc2)c1. The van der Waals surface area contributed by atoms with Crippen molar-refractivity contribution in [1.82, 2.24) is 10.6 Å². The van der Waals surface area contributed by atoms with E-state index in [0.29, 0.717) is 18.8 Å². The molecule has 0 aromatic heterocycles. The number of ether oxygens (including phenoxy) is 1. The van der Waals surface area contributed by atoms with Gasteiger partial charge >= 0.3 is 12.1 Å². The molecule has 0 radical (unpaired) electrons. The van der Waals surface area contributed by atoms with Gasteiger partial charge in [0.25, 0.3) is 0 Å². The average Bonchev–Trinajstić information content (AvgIpc) is 2.95. The van der Waals surface area contributed by atoms with Crippen molar-refractivity contribution >= 4 is 35.4 Å². The van der Waals surface area contributed by atoms with Crippen LogP contribution in [0.4, 0.5) is 21.0 Å². The number of alkyl carbamates (subject to hydrolysis) is 1. The summed E-state index contributed by atoms with van der Waals surface area (Å²) in [7, 11) is 0. The molecule has 0 aliphatic heterocycles. The molecule has 0 bridgehead atoms. The van der Waals surface area contributed by atoms with Gasteiger partial charge in [-0.1, -0.05) is 72.8 Å². The molecule has 0 aliphatic rings. The van der Waals surface area contributed by atoms with Crippen LogP contribution in [0.5, 0.6) is 0 Å². The Labute approximate surface area is 239 Å². The first kappa shape index (κ1) is 28.6. The van der Waals surface area contributed by atoms with Crippen molar-refractivity contribution in [2.45, 2.75) is 44.4 Å². The summed E-state index contributed by atoms with van der Waals surface area (Å²) in [5, 5.41) is 8.48. The lowest BCUT2D eigenvalue weighted by Gasteiger charge is -2.19. The van der Waals surface area contributed by atoms with Crippen molar-refractivity contribution < 1.29 is 14.3 Å². The van der Waals surface area contributed by atoms with Crippen molar-refractivity contribution in [3.8, 4) is 11.1 Å². The van der Waals surface area contributed by atoms with Crippen LogP contribution in [0.1, 0.15) is 31.9 Å². The van der Waals surface area contributed by atoms with Gasteiger partial charge in [0.05, 0.1) is 0 Å². The Balaban J connectivity index is 1.24. The van der Waals surface area contributed by atoms with Gasteiger partial charge in [0, 0.05) is 29.4 Å². The van der Waals surface area contributed by atoms with Gasteiger partial charge in [-0.25, -0.2) is 9.59 Å². The van der Waals surface area contributed by atoms with E-state index in [2.05, 4.69) is 44.9 Å². The Bertz CT molecular complexity index is 1420. The van der Waals surface area contributed by atoms with E-state index in [1.807, 2.05) is 99.6 Å². The number of carbonyl (C=O) groups is 2. The maximum absolute atomic E-state index is 12.5. The number of nitrogens with one attached hydrogen (secondary N) is 4. The van der Waals surface area contributed by atoms with E-state index in [-0.39, 0.29) is 6.03 Å². The fourth-order valence-electron chi connectivity index (χ4n) is 3.84. The normalized spacial score (nSPS) is 10.9. The predicted octanol–water partition coefficient (Wildman–Crippen LogP) is 7.82. The first-order valence-electron chi connectivity index (χ1n) is 13.0. The van der Waals surface area contributed by atoms with Crippen molar-refractivity contribution in [2.24, 2.45) is 0 Å². The van der Waals surface area contributed by atoms with Crippen LogP contribution in [-0.4, -0.2) is 17.7 Å². The molecule has 0 aliphatic carbocycles. The fourth-order valence-corrected chi connectivity index (χ4v) is 4.65. The summed E-state index contributed by atoms with van der Waals surface area (Å²) in [5.74, 6) is 0. The van der Waals surface area contributed by atoms with Gasteiger partial charge in [0.1, 0.15) is 5.60 Å². The molecule has 3 amide bonds. The van der Waals surface area contributed by atoms with E-state index in [4.69, 9.17) is 4.74 Å². The van der Waals surface area contributed by atoms with Crippen molar-refractivity contribution in [1.29, 1.82) is 0 Å². The lowest BCUT2D eigenvalue weighted by molar-refractivity contribution is 0.0523. The second-order valence-corrected chi connectivity index (χ2v) is 11.0. The lowest BCUT2D eigenvalue weighted by atomic mass is 10.1. The van der Waals surface area contributed by atoms with Crippen LogP contribution in [0.25, 0.3) is 11.1 Å². The Morgan fingerprint density at radius 3 is 2.05 bits per heavy atom. The number of hydrogen-bond acceptors (Lipinski definition) is 5. The minimum atomic E-state index is -0.548. The summed E-state index contributed by atoms with van der Waals surface area (Å²) in [5.41, 5.74) is 5.24. The molecule has 0 atom stereocenters. The zero-order valence-corrected chi connectivity index (χ0v) is 23.7. The molecule has 0 spiro atoms. The highest BCUT2D eigenvalue weighted by Gasteiger charge is 2.15. The number of anilines is 2. The van der Waals surface area contributed by atoms with Gasteiger partial charge in [-0.15, -0.1) is 0 Å². The maximum Gasteiger partial charge on any atom is 0.407 e. The first-order chi connectivity index (χ1) is 19.2. The molecular formula is C32H34N4O3S. The molecule has 0 heterocycles. The minimum absolute atomic E-state index is 0.302. The molecular weight excluding hydrogens is 520 g/mol. The molecule has 4 aromatic carbocycles. The summed E-state index contributed by atoms with van der Waals surface area (Å²) >= 11 is 1.55. The molecule has 0 saturated carbocycles. The summed E-state index contributed by atoms with van der Waals surface area (Å²) in [4.78, 5) is 25.5. The Hall–Kier alpha value is -4.43. The highest BCUT2D eigenvalue weighted by atomic mass is 32.2. The topological polar surface area (TPSA) is 91.5 Å². The van der Waals surface area contributed by atoms with Crippen LogP contribution in [-0.2, 0) is 17.8 Å². The minimum Gasteiger partial charge on any atom is -0.444 e. The summed E-state index contributed by atoms with van der Waals surface area (Å²) in [6.07, 6.45) is -0.466. The van der Waals surface area contributed by atoms with Crippen LogP contribution < -0.4 is 20.7 Å². The van der Waals surface area contributed by atoms with Gasteiger partial charge in [-0.2, -0.15) is 0 Å². The molecule has 4 N–H and O–H groups in total. The van der Waals surface area contributed by atoms with Crippen LogP contribution in [0.15, 0.2) is 108 Å². The number of rotatable bonds is 9. The highest BCUT2D eigenvalue weighted by molar-refractivity contribution is 8.00. The van der Waals surface area contributed by atoms with Crippen LogP contribution >= 0.6 is 11.9 Å². The van der Waals surface area contributed by atoms with E-state index in [9.17, 15) is 9.59 Å². The van der Waals surface area contributed by atoms with Crippen LogP contribution in [0.2, 0.25) is 0 Å². The van der Waals surface area contributed by atoms with Crippen LogP contribution in [0, 0.1) is 0 Å². The summed E-state index contributed by atoms with van der Waals surface area (Å²) in [6.45, 7) is 6.15. The fraction of sp³-hybridized carbons (Fsp3) is 0.188. The molecule has 4 aromatic rings.